The minimum absolute atomic E-state index is 0.0144. The predicted molar refractivity (Wildman–Crippen MR) is 112 cm³/mol. The number of hydrogen-bond acceptors (Lipinski definition) is 5. The van der Waals surface area contributed by atoms with Gasteiger partial charge in [0.1, 0.15) is 11.2 Å². The molecule has 1 aliphatic carbocycles. The standard InChI is InChI=1S/C19H21IN2O3S/c1-9-4-5-11-14(6-9)26-19-15(11)18(23)21-17(22-19)10-7-12(20)16(25-3)13(8-10)24-2/h7-9,17,22H,4-6H2,1-3H3,(H,21,23)/t9-,17-/m0/s1. The number of benzene rings is 1. The van der Waals surface area contributed by atoms with Crippen molar-refractivity contribution in [2.75, 3.05) is 19.5 Å². The molecule has 0 radical (unpaired) electrons. The van der Waals surface area contributed by atoms with Crippen LogP contribution in [-0.2, 0) is 12.8 Å². The van der Waals surface area contributed by atoms with Gasteiger partial charge in [0.25, 0.3) is 5.91 Å². The van der Waals surface area contributed by atoms with Crippen LogP contribution in [-0.4, -0.2) is 20.1 Å². The number of carbonyl (C=O) groups excluding carboxylic acids is 1. The second-order valence-electron chi connectivity index (χ2n) is 6.84. The van der Waals surface area contributed by atoms with E-state index >= 15 is 0 Å². The van der Waals surface area contributed by atoms with E-state index < -0.39 is 0 Å². The number of amides is 1. The number of anilines is 1. The Bertz CT molecular complexity index is 880. The van der Waals surface area contributed by atoms with Gasteiger partial charge in [-0.05, 0) is 71.0 Å². The zero-order valence-corrected chi connectivity index (χ0v) is 17.9. The van der Waals surface area contributed by atoms with Crippen LogP contribution in [0, 0.1) is 9.49 Å². The lowest BCUT2D eigenvalue weighted by molar-refractivity contribution is 0.0935. The maximum Gasteiger partial charge on any atom is 0.256 e. The Kier molecular flexibility index (Phi) is 4.77. The van der Waals surface area contributed by atoms with Crippen molar-refractivity contribution in [3.05, 3.63) is 37.3 Å². The lowest BCUT2D eigenvalue weighted by Crippen LogP contribution is -2.38. The largest absolute Gasteiger partial charge is 0.493 e. The minimum Gasteiger partial charge on any atom is -0.493 e. The fourth-order valence-electron chi connectivity index (χ4n) is 3.73. The summed E-state index contributed by atoms with van der Waals surface area (Å²) in [6, 6.07) is 3.93. The topological polar surface area (TPSA) is 59.6 Å². The van der Waals surface area contributed by atoms with Crippen LogP contribution in [0.2, 0.25) is 0 Å². The summed E-state index contributed by atoms with van der Waals surface area (Å²) in [4.78, 5) is 14.2. The smallest absolute Gasteiger partial charge is 0.256 e. The fourth-order valence-corrected chi connectivity index (χ4v) is 6.02. The lowest BCUT2D eigenvalue weighted by Gasteiger charge is -2.27. The van der Waals surface area contributed by atoms with Gasteiger partial charge >= 0.3 is 0 Å². The number of nitrogens with one attached hydrogen (secondary N) is 2. The van der Waals surface area contributed by atoms with Crippen molar-refractivity contribution in [1.82, 2.24) is 5.32 Å². The fraction of sp³-hybridized carbons (Fsp3) is 0.421. The van der Waals surface area contributed by atoms with E-state index in [2.05, 4.69) is 40.1 Å². The molecule has 4 rings (SSSR count). The summed E-state index contributed by atoms with van der Waals surface area (Å²) in [5.74, 6) is 2.07. The van der Waals surface area contributed by atoms with Crippen molar-refractivity contribution >= 4 is 44.8 Å². The average Bonchev–Trinajstić information content (AvgIpc) is 2.98. The first-order valence-corrected chi connectivity index (χ1v) is 10.5. The first kappa shape index (κ1) is 17.9. The van der Waals surface area contributed by atoms with Gasteiger partial charge in [0.15, 0.2) is 11.5 Å². The van der Waals surface area contributed by atoms with Gasteiger partial charge in [0.05, 0.1) is 23.4 Å². The van der Waals surface area contributed by atoms with Crippen LogP contribution in [0.3, 0.4) is 0 Å². The van der Waals surface area contributed by atoms with E-state index in [9.17, 15) is 4.79 Å². The Morgan fingerprint density at radius 2 is 2.04 bits per heavy atom. The quantitative estimate of drug-likeness (QED) is 0.637. The maximum atomic E-state index is 12.8. The number of rotatable bonds is 3. The van der Waals surface area contributed by atoms with Crippen LogP contribution in [0.15, 0.2) is 12.1 Å². The first-order valence-electron chi connectivity index (χ1n) is 8.65. The minimum atomic E-state index is -0.277. The maximum absolute atomic E-state index is 12.8. The summed E-state index contributed by atoms with van der Waals surface area (Å²) in [7, 11) is 3.25. The molecule has 2 aromatic rings. The molecular formula is C19H21IN2O3S. The molecule has 0 saturated carbocycles. The molecule has 2 N–H and O–H groups in total. The van der Waals surface area contributed by atoms with E-state index in [1.807, 2.05) is 12.1 Å². The molecule has 1 aromatic heterocycles. The van der Waals surface area contributed by atoms with Crippen LogP contribution in [0.4, 0.5) is 5.00 Å². The molecule has 0 unspecified atom stereocenters. The van der Waals surface area contributed by atoms with Gasteiger partial charge in [-0.3, -0.25) is 4.79 Å². The molecule has 2 heterocycles. The van der Waals surface area contributed by atoms with E-state index in [1.54, 1.807) is 25.6 Å². The zero-order chi connectivity index (χ0) is 18.4. The first-order chi connectivity index (χ1) is 12.5. The molecule has 0 bridgehead atoms. The van der Waals surface area contributed by atoms with Gasteiger partial charge in [-0.2, -0.15) is 0 Å². The Hall–Kier alpha value is -1.48. The van der Waals surface area contributed by atoms with Gasteiger partial charge in [0.2, 0.25) is 0 Å². The van der Waals surface area contributed by atoms with Crippen molar-refractivity contribution in [1.29, 1.82) is 0 Å². The molecule has 138 valence electrons. The highest BCUT2D eigenvalue weighted by atomic mass is 127. The third-order valence-electron chi connectivity index (χ3n) is 5.08. The van der Waals surface area contributed by atoms with Crippen LogP contribution >= 0.6 is 33.9 Å². The molecule has 5 nitrogen and oxygen atoms in total. The number of fused-ring (bicyclic) bond motifs is 3. The van der Waals surface area contributed by atoms with Crippen LogP contribution < -0.4 is 20.1 Å². The Morgan fingerprint density at radius 1 is 1.23 bits per heavy atom. The number of hydrogen-bond donors (Lipinski definition) is 2. The summed E-state index contributed by atoms with van der Waals surface area (Å²) in [6.45, 7) is 2.28. The highest BCUT2D eigenvalue weighted by molar-refractivity contribution is 14.1. The zero-order valence-electron chi connectivity index (χ0n) is 14.9. The summed E-state index contributed by atoms with van der Waals surface area (Å²) >= 11 is 3.96. The normalized spacial score (nSPS) is 21.3. The van der Waals surface area contributed by atoms with E-state index in [4.69, 9.17) is 9.47 Å². The van der Waals surface area contributed by atoms with Crippen molar-refractivity contribution in [3.8, 4) is 11.5 Å². The summed E-state index contributed by atoms with van der Waals surface area (Å²) in [5, 5.41) is 7.62. The molecule has 2 aliphatic rings. The SMILES string of the molecule is COc1cc([C@H]2NC(=O)c3c(sc4c3CC[C@H](C)C4)N2)cc(I)c1OC. The second-order valence-corrected chi connectivity index (χ2v) is 9.11. The van der Waals surface area contributed by atoms with Crippen molar-refractivity contribution in [2.45, 2.75) is 32.4 Å². The third-order valence-corrected chi connectivity index (χ3v) is 7.07. The number of ether oxygens (including phenoxy) is 2. The molecule has 1 amide bonds. The van der Waals surface area contributed by atoms with Crippen molar-refractivity contribution in [2.24, 2.45) is 5.92 Å². The Labute approximate surface area is 170 Å². The van der Waals surface area contributed by atoms with Gasteiger partial charge in [-0.1, -0.05) is 6.92 Å². The van der Waals surface area contributed by atoms with E-state index in [1.165, 1.54) is 10.4 Å². The molecule has 0 spiro atoms. The lowest BCUT2D eigenvalue weighted by atomic mass is 9.88. The van der Waals surface area contributed by atoms with Crippen LogP contribution in [0.1, 0.15) is 45.9 Å². The molecule has 26 heavy (non-hydrogen) atoms. The molecule has 0 fully saturated rings. The van der Waals surface area contributed by atoms with Crippen molar-refractivity contribution in [3.63, 3.8) is 0 Å². The average molecular weight is 484 g/mol. The van der Waals surface area contributed by atoms with E-state index in [0.717, 1.165) is 39.0 Å². The number of methoxy groups -OCH3 is 2. The van der Waals surface area contributed by atoms with Crippen LogP contribution in [0.5, 0.6) is 11.5 Å². The third kappa shape index (κ3) is 2.94. The molecule has 7 heteroatoms. The number of carbonyl (C=O) groups is 1. The second kappa shape index (κ2) is 6.92. The highest BCUT2D eigenvalue weighted by Gasteiger charge is 2.33. The molecule has 1 aromatic carbocycles. The van der Waals surface area contributed by atoms with Gasteiger partial charge < -0.3 is 20.1 Å². The Morgan fingerprint density at radius 3 is 2.77 bits per heavy atom. The molecular weight excluding hydrogens is 463 g/mol. The van der Waals surface area contributed by atoms with E-state index in [0.29, 0.717) is 17.4 Å². The number of thiophene rings is 1. The molecule has 0 saturated heterocycles. The van der Waals surface area contributed by atoms with E-state index in [-0.39, 0.29) is 12.1 Å². The summed E-state index contributed by atoms with van der Waals surface area (Å²) in [6.07, 6.45) is 2.94. The monoisotopic (exact) mass is 484 g/mol. The molecule has 1 aliphatic heterocycles. The van der Waals surface area contributed by atoms with Gasteiger partial charge in [-0.25, -0.2) is 0 Å². The number of halogens is 1. The summed E-state index contributed by atoms with van der Waals surface area (Å²) in [5.41, 5.74) is 3.04. The summed E-state index contributed by atoms with van der Waals surface area (Å²) < 4.78 is 11.8. The predicted octanol–water partition coefficient (Wildman–Crippen LogP) is 4.35. The highest BCUT2D eigenvalue weighted by Crippen LogP contribution is 2.43. The van der Waals surface area contributed by atoms with Gasteiger partial charge in [-0.15, -0.1) is 11.3 Å². The Balaban J connectivity index is 1.70. The van der Waals surface area contributed by atoms with Crippen molar-refractivity contribution < 1.29 is 14.3 Å². The van der Waals surface area contributed by atoms with Crippen LogP contribution in [0.25, 0.3) is 0 Å². The van der Waals surface area contributed by atoms with Gasteiger partial charge in [0, 0.05) is 4.88 Å². The molecule has 2 atom stereocenters.